The van der Waals surface area contributed by atoms with E-state index in [0.29, 0.717) is 24.3 Å². The number of hydrogen-bond donors (Lipinski definition) is 2. The summed E-state index contributed by atoms with van der Waals surface area (Å²) in [4.78, 5) is 23.0. The first-order chi connectivity index (χ1) is 11.9. The number of rotatable bonds is 8. The topological polar surface area (TPSA) is 75.6 Å². The molecule has 0 saturated carbocycles. The second-order valence-electron chi connectivity index (χ2n) is 6.53. The molecular weight excluding hydrogens is 318 g/mol. The lowest BCUT2D eigenvalue weighted by molar-refractivity contribution is -0.137. The zero-order valence-corrected chi connectivity index (χ0v) is 14.5. The molecule has 25 heavy (non-hydrogen) atoms. The van der Waals surface area contributed by atoms with E-state index in [2.05, 4.69) is 5.32 Å². The average molecular weight is 341 g/mol. The van der Waals surface area contributed by atoms with Crippen LogP contribution in [0.15, 0.2) is 54.6 Å². The normalized spacial score (nSPS) is 11.0. The van der Waals surface area contributed by atoms with Gasteiger partial charge in [0.2, 0.25) is 0 Å². The van der Waals surface area contributed by atoms with Crippen molar-refractivity contribution in [2.75, 3.05) is 0 Å². The van der Waals surface area contributed by atoms with Crippen LogP contribution in [0.25, 0.3) is 0 Å². The summed E-state index contributed by atoms with van der Waals surface area (Å²) in [6, 6.07) is 16.7. The van der Waals surface area contributed by atoms with Gasteiger partial charge in [-0.25, -0.2) is 0 Å². The van der Waals surface area contributed by atoms with Crippen molar-refractivity contribution in [2.45, 2.75) is 38.8 Å². The van der Waals surface area contributed by atoms with Crippen LogP contribution in [0.5, 0.6) is 5.75 Å². The summed E-state index contributed by atoms with van der Waals surface area (Å²) in [5.41, 5.74) is 0.998. The Kier molecular flexibility index (Phi) is 6.17. The van der Waals surface area contributed by atoms with Gasteiger partial charge in [-0.05, 0) is 50.1 Å². The first-order valence-corrected chi connectivity index (χ1v) is 8.17. The smallest absolute Gasteiger partial charge is 0.303 e. The van der Waals surface area contributed by atoms with Crippen LogP contribution in [0.2, 0.25) is 0 Å². The Hall–Kier alpha value is -2.82. The van der Waals surface area contributed by atoms with Gasteiger partial charge in [0.25, 0.3) is 5.91 Å². The highest BCUT2D eigenvalue weighted by Gasteiger charge is 2.22. The summed E-state index contributed by atoms with van der Waals surface area (Å²) < 4.78 is 5.70. The Labute approximate surface area is 147 Å². The monoisotopic (exact) mass is 341 g/mol. The van der Waals surface area contributed by atoms with Gasteiger partial charge >= 0.3 is 5.97 Å². The number of carboxylic acid groups (broad SMARTS) is 1. The molecule has 2 aromatic carbocycles. The minimum atomic E-state index is -0.873. The van der Waals surface area contributed by atoms with E-state index in [0.717, 1.165) is 5.56 Å². The van der Waals surface area contributed by atoms with E-state index in [1.54, 1.807) is 24.3 Å². The van der Waals surface area contributed by atoms with Gasteiger partial charge in [0, 0.05) is 17.5 Å². The highest BCUT2D eigenvalue weighted by molar-refractivity contribution is 5.94. The molecule has 0 radical (unpaired) electrons. The number of nitrogens with one attached hydrogen (secondary N) is 1. The summed E-state index contributed by atoms with van der Waals surface area (Å²) in [5.74, 6) is -0.419. The lowest BCUT2D eigenvalue weighted by atomic mass is 9.98. The van der Waals surface area contributed by atoms with Crippen molar-refractivity contribution in [1.82, 2.24) is 5.32 Å². The van der Waals surface area contributed by atoms with Gasteiger partial charge in [0.1, 0.15) is 12.4 Å². The molecule has 0 saturated heterocycles. The molecule has 5 nitrogen and oxygen atoms in total. The SMILES string of the molecule is CC(C)(CCC(=O)O)NC(=O)c1ccc(OCc2ccccc2)cc1. The number of carboxylic acids is 1. The van der Waals surface area contributed by atoms with Crippen molar-refractivity contribution in [1.29, 1.82) is 0 Å². The number of aliphatic carboxylic acids is 1. The van der Waals surface area contributed by atoms with E-state index in [1.807, 2.05) is 44.2 Å². The molecule has 0 aromatic heterocycles. The van der Waals surface area contributed by atoms with Crippen molar-refractivity contribution in [3.8, 4) is 5.75 Å². The molecule has 0 aliphatic rings. The Morgan fingerprint density at radius 3 is 2.28 bits per heavy atom. The van der Waals surface area contributed by atoms with Gasteiger partial charge < -0.3 is 15.2 Å². The standard InChI is InChI=1S/C20H23NO4/c1-20(2,13-12-18(22)23)21-19(24)16-8-10-17(11-9-16)25-14-15-6-4-3-5-7-15/h3-11H,12-14H2,1-2H3,(H,21,24)(H,22,23). The highest BCUT2D eigenvalue weighted by Crippen LogP contribution is 2.16. The predicted octanol–water partition coefficient (Wildman–Crippen LogP) is 3.64. The zero-order chi connectivity index (χ0) is 18.3. The fourth-order valence-electron chi connectivity index (χ4n) is 2.30. The summed E-state index contributed by atoms with van der Waals surface area (Å²) >= 11 is 0. The van der Waals surface area contributed by atoms with Crippen molar-refractivity contribution < 1.29 is 19.4 Å². The second kappa shape index (κ2) is 8.33. The molecule has 0 spiro atoms. The van der Waals surface area contributed by atoms with Crippen molar-refractivity contribution in [2.24, 2.45) is 0 Å². The third-order valence-corrected chi connectivity index (χ3v) is 3.78. The quantitative estimate of drug-likeness (QED) is 0.769. The van der Waals surface area contributed by atoms with Gasteiger partial charge in [-0.15, -0.1) is 0 Å². The molecule has 0 aliphatic carbocycles. The van der Waals surface area contributed by atoms with Gasteiger partial charge in [-0.1, -0.05) is 30.3 Å². The van der Waals surface area contributed by atoms with Crippen LogP contribution in [-0.4, -0.2) is 22.5 Å². The van der Waals surface area contributed by atoms with E-state index in [1.165, 1.54) is 0 Å². The van der Waals surface area contributed by atoms with Gasteiger partial charge in [-0.3, -0.25) is 9.59 Å². The third kappa shape index (κ3) is 6.30. The minimum absolute atomic E-state index is 0.0134. The molecule has 0 bridgehead atoms. The zero-order valence-electron chi connectivity index (χ0n) is 14.5. The number of ether oxygens (including phenoxy) is 1. The first-order valence-electron chi connectivity index (χ1n) is 8.17. The van der Waals surface area contributed by atoms with Crippen LogP contribution in [0.4, 0.5) is 0 Å². The maximum atomic E-state index is 12.3. The molecule has 0 unspecified atom stereocenters. The minimum Gasteiger partial charge on any atom is -0.489 e. The van der Waals surface area contributed by atoms with Crippen LogP contribution in [0.1, 0.15) is 42.6 Å². The maximum absolute atomic E-state index is 12.3. The van der Waals surface area contributed by atoms with Crippen LogP contribution in [0.3, 0.4) is 0 Å². The van der Waals surface area contributed by atoms with Crippen molar-refractivity contribution >= 4 is 11.9 Å². The summed E-state index contributed by atoms with van der Waals surface area (Å²) in [6.45, 7) is 4.09. The largest absolute Gasteiger partial charge is 0.489 e. The molecule has 0 fully saturated rings. The fraction of sp³-hybridized carbons (Fsp3) is 0.300. The summed E-state index contributed by atoms with van der Waals surface area (Å²) in [5, 5.41) is 11.6. The van der Waals surface area contributed by atoms with Gasteiger partial charge in [0.05, 0.1) is 0 Å². The molecule has 2 aromatic rings. The van der Waals surface area contributed by atoms with E-state index in [-0.39, 0.29) is 12.3 Å². The molecule has 1 amide bonds. The van der Waals surface area contributed by atoms with Gasteiger partial charge in [-0.2, -0.15) is 0 Å². The summed E-state index contributed by atoms with van der Waals surface area (Å²) in [6.07, 6.45) is 0.381. The highest BCUT2D eigenvalue weighted by atomic mass is 16.5. The Morgan fingerprint density at radius 2 is 1.68 bits per heavy atom. The number of amides is 1. The van der Waals surface area contributed by atoms with Crippen LogP contribution in [-0.2, 0) is 11.4 Å². The molecule has 5 heteroatoms. The Bertz CT molecular complexity index is 708. The van der Waals surface area contributed by atoms with Crippen molar-refractivity contribution in [3.63, 3.8) is 0 Å². The fourth-order valence-corrected chi connectivity index (χ4v) is 2.30. The molecule has 132 valence electrons. The molecule has 2 rings (SSSR count). The molecule has 0 atom stereocenters. The number of carbonyl (C=O) groups excluding carboxylic acids is 1. The third-order valence-electron chi connectivity index (χ3n) is 3.78. The van der Waals surface area contributed by atoms with Crippen LogP contribution in [0, 0.1) is 0 Å². The lowest BCUT2D eigenvalue weighted by Gasteiger charge is -2.25. The van der Waals surface area contributed by atoms with Crippen LogP contribution >= 0.6 is 0 Å². The second-order valence-corrected chi connectivity index (χ2v) is 6.53. The van der Waals surface area contributed by atoms with Crippen molar-refractivity contribution in [3.05, 3.63) is 65.7 Å². The summed E-state index contributed by atoms with van der Waals surface area (Å²) in [7, 11) is 0. The number of benzene rings is 2. The van der Waals surface area contributed by atoms with E-state index >= 15 is 0 Å². The number of hydrogen-bond acceptors (Lipinski definition) is 3. The molecular formula is C20H23NO4. The maximum Gasteiger partial charge on any atom is 0.303 e. The van der Waals surface area contributed by atoms with Gasteiger partial charge in [0.15, 0.2) is 0 Å². The van der Waals surface area contributed by atoms with E-state index in [4.69, 9.17) is 9.84 Å². The van der Waals surface area contributed by atoms with Crippen LogP contribution < -0.4 is 10.1 Å². The first kappa shape index (κ1) is 18.5. The molecule has 0 aliphatic heterocycles. The van der Waals surface area contributed by atoms with E-state index < -0.39 is 11.5 Å². The predicted molar refractivity (Wildman–Crippen MR) is 95.6 cm³/mol. The Balaban J connectivity index is 1.90. The number of carbonyl (C=O) groups is 2. The molecule has 2 N–H and O–H groups in total. The average Bonchev–Trinajstić information content (AvgIpc) is 2.59. The Morgan fingerprint density at radius 1 is 1.04 bits per heavy atom. The van der Waals surface area contributed by atoms with E-state index in [9.17, 15) is 9.59 Å². The molecule has 0 heterocycles. The lowest BCUT2D eigenvalue weighted by Crippen LogP contribution is -2.43.